The van der Waals surface area contributed by atoms with Gasteiger partial charge in [-0.2, -0.15) is 0 Å². The van der Waals surface area contributed by atoms with Crippen molar-refractivity contribution in [2.45, 2.75) is 45.8 Å². The molecule has 0 aromatic carbocycles. The molecule has 0 amide bonds. The highest BCUT2D eigenvalue weighted by atomic mass is 16.5. The fourth-order valence-corrected chi connectivity index (χ4v) is 1.14. The maximum atomic E-state index is 5.41. The highest BCUT2D eigenvalue weighted by Gasteiger charge is 2.12. The van der Waals surface area contributed by atoms with Gasteiger partial charge in [-0.3, -0.25) is 11.3 Å². The lowest BCUT2D eigenvalue weighted by atomic mass is 9.99. The van der Waals surface area contributed by atoms with Gasteiger partial charge in [0.15, 0.2) is 0 Å². The standard InChI is InChI=1S/C9H22N2O/c1-7(2)9(11-10)6-5-8(3)12-4/h7-9,11H,5-6,10H2,1-4H3. The maximum Gasteiger partial charge on any atom is 0.0543 e. The summed E-state index contributed by atoms with van der Waals surface area (Å²) >= 11 is 0. The van der Waals surface area contributed by atoms with E-state index in [2.05, 4.69) is 26.2 Å². The molecule has 0 spiro atoms. The minimum absolute atomic E-state index is 0.333. The Morgan fingerprint density at radius 1 is 1.25 bits per heavy atom. The molecule has 0 fully saturated rings. The Labute approximate surface area is 75.6 Å². The predicted molar refractivity (Wildman–Crippen MR) is 51.7 cm³/mol. The van der Waals surface area contributed by atoms with E-state index in [4.69, 9.17) is 10.6 Å². The van der Waals surface area contributed by atoms with Crippen LogP contribution in [0.2, 0.25) is 0 Å². The minimum Gasteiger partial charge on any atom is -0.382 e. The molecule has 0 heterocycles. The molecule has 0 aromatic heterocycles. The zero-order chi connectivity index (χ0) is 9.56. The van der Waals surface area contributed by atoms with Crippen LogP contribution >= 0.6 is 0 Å². The zero-order valence-electron chi connectivity index (χ0n) is 8.63. The van der Waals surface area contributed by atoms with Gasteiger partial charge in [-0.05, 0) is 25.7 Å². The van der Waals surface area contributed by atoms with E-state index in [0.717, 1.165) is 12.8 Å². The number of nitrogens with one attached hydrogen (secondary N) is 1. The summed E-state index contributed by atoms with van der Waals surface area (Å²) in [7, 11) is 1.74. The van der Waals surface area contributed by atoms with Crippen LogP contribution in [0.1, 0.15) is 33.6 Å². The SMILES string of the molecule is COC(C)CCC(NN)C(C)C. The molecule has 0 saturated carbocycles. The highest BCUT2D eigenvalue weighted by molar-refractivity contribution is 4.68. The number of hydrogen-bond donors (Lipinski definition) is 2. The van der Waals surface area contributed by atoms with E-state index >= 15 is 0 Å². The molecular formula is C9H22N2O. The van der Waals surface area contributed by atoms with Gasteiger partial charge in [0.1, 0.15) is 0 Å². The molecule has 2 unspecified atom stereocenters. The van der Waals surface area contributed by atoms with Gasteiger partial charge in [0.25, 0.3) is 0 Å². The maximum absolute atomic E-state index is 5.41. The van der Waals surface area contributed by atoms with Crippen LogP contribution in [0, 0.1) is 5.92 Å². The van der Waals surface area contributed by atoms with Crippen molar-refractivity contribution < 1.29 is 4.74 Å². The second-order valence-corrected chi connectivity index (χ2v) is 3.64. The average molecular weight is 174 g/mol. The first-order valence-electron chi connectivity index (χ1n) is 4.60. The molecule has 3 N–H and O–H groups in total. The van der Waals surface area contributed by atoms with E-state index in [9.17, 15) is 0 Å². The van der Waals surface area contributed by atoms with Crippen molar-refractivity contribution in [3.63, 3.8) is 0 Å². The molecule has 0 aliphatic heterocycles. The Morgan fingerprint density at radius 2 is 1.83 bits per heavy atom. The lowest BCUT2D eigenvalue weighted by Gasteiger charge is -2.21. The zero-order valence-corrected chi connectivity index (χ0v) is 8.63. The van der Waals surface area contributed by atoms with Gasteiger partial charge in [0.05, 0.1) is 6.10 Å². The van der Waals surface area contributed by atoms with E-state index in [0.29, 0.717) is 18.1 Å². The van der Waals surface area contributed by atoms with E-state index in [1.54, 1.807) is 7.11 Å². The molecule has 0 aromatic rings. The second-order valence-electron chi connectivity index (χ2n) is 3.64. The number of hydrazine groups is 1. The van der Waals surface area contributed by atoms with Gasteiger partial charge in [-0.1, -0.05) is 13.8 Å². The van der Waals surface area contributed by atoms with Gasteiger partial charge < -0.3 is 4.74 Å². The third-order valence-electron chi connectivity index (χ3n) is 2.31. The Balaban J connectivity index is 3.58. The average Bonchev–Trinajstić information content (AvgIpc) is 2.04. The Hall–Kier alpha value is -0.120. The summed E-state index contributed by atoms with van der Waals surface area (Å²) in [6, 6.07) is 0.405. The van der Waals surface area contributed by atoms with Crippen molar-refractivity contribution >= 4 is 0 Å². The number of nitrogens with two attached hydrogens (primary N) is 1. The van der Waals surface area contributed by atoms with Crippen LogP contribution < -0.4 is 11.3 Å². The molecule has 0 aliphatic rings. The molecule has 0 aliphatic carbocycles. The van der Waals surface area contributed by atoms with Crippen LogP contribution in [-0.4, -0.2) is 19.3 Å². The van der Waals surface area contributed by atoms with Crippen LogP contribution in [0.15, 0.2) is 0 Å². The van der Waals surface area contributed by atoms with Crippen LogP contribution in [0.4, 0.5) is 0 Å². The molecule has 0 saturated heterocycles. The normalized spacial score (nSPS) is 16.5. The van der Waals surface area contributed by atoms with E-state index in [-0.39, 0.29) is 0 Å². The van der Waals surface area contributed by atoms with Crippen molar-refractivity contribution in [3.05, 3.63) is 0 Å². The van der Waals surface area contributed by atoms with Crippen LogP contribution in [0.3, 0.4) is 0 Å². The lowest BCUT2D eigenvalue weighted by Crippen LogP contribution is -2.39. The molecule has 3 nitrogen and oxygen atoms in total. The highest BCUT2D eigenvalue weighted by Crippen LogP contribution is 2.10. The molecule has 0 bridgehead atoms. The summed E-state index contributed by atoms with van der Waals surface area (Å²) in [6.07, 6.45) is 2.46. The Morgan fingerprint density at radius 3 is 2.17 bits per heavy atom. The van der Waals surface area contributed by atoms with Gasteiger partial charge in [0.2, 0.25) is 0 Å². The van der Waals surface area contributed by atoms with Gasteiger partial charge in [0, 0.05) is 13.2 Å². The molecule has 12 heavy (non-hydrogen) atoms. The Bertz CT molecular complexity index is 107. The first kappa shape index (κ1) is 11.9. The fraction of sp³-hybridized carbons (Fsp3) is 1.00. The third kappa shape index (κ3) is 4.70. The summed E-state index contributed by atoms with van der Waals surface area (Å²) in [5, 5.41) is 0. The first-order valence-corrected chi connectivity index (χ1v) is 4.60. The molecule has 0 rings (SSSR count). The van der Waals surface area contributed by atoms with Gasteiger partial charge in [-0.15, -0.1) is 0 Å². The summed E-state index contributed by atoms with van der Waals surface area (Å²) in [5.74, 6) is 5.99. The first-order chi connectivity index (χ1) is 5.61. The van der Waals surface area contributed by atoms with Crippen molar-refractivity contribution in [2.24, 2.45) is 11.8 Å². The molecule has 0 radical (unpaired) electrons. The molecule has 74 valence electrons. The second kappa shape index (κ2) is 6.40. The van der Waals surface area contributed by atoms with Crippen molar-refractivity contribution in [2.75, 3.05) is 7.11 Å². The summed E-state index contributed by atoms with van der Waals surface area (Å²) < 4.78 is 5.16. The number of hydrogen-bond acceptors (Lipinski definition) is 3. The third-order valence-corrected chi connectivity index (χ3v) is 2.31. The summed E-state index contributed by atoms with van der Waals surface area (Å²) in [5.41, 5.74) is 2.83. The summed E-state index contributed by atoms with van der Waals surface area (Å²) in [6.45, 7) is 6.41. The topological polar surface area (TPSA) is 47.3 Å². The smallest absolute Gasteiger partial charge is 0.0543 e. The van der Waals surface area contributed by atoms with Gasteiger partial charge in [-0.25, -0.2) is 0 Å². The Kier molecular flexibility index (Phi) is 6.34. The van der Waals surface area contributed by atoms with Crippen molar-refractivity contribution in [1.82, 2.24) is 5.43 Å². The monoisotopic (exact) mass is 174 g/mol. The predicted octanol–water partition coefficient (Wildman–Crippen LogP) is 1.29. The minimum atomic E-state index is 0.333. The fourth-order valence-electron chi connectivity index (χ4n) is 1.14. The largest absolute Gasteiger partial charge is 0.382 e. The van der Waals surface area contributed by atoms with Crippen molar-refractivity contribution in [1.29, 1.82) is 0 Å². The van der Waals surface area contributed by atoms with E-state index < -0.39 is 0 Å². The molecule has 3 heteroatoms. The number of methoxy groups -OCH3 is 1. The van der Waals surface area contributed by atoms with E-state index in [1.807, 2.05) is 0 Å². The lowest BCUT2D eigenvalue weighted by molar-refractivity contribution is 0.104. The number of ether oxygens (including phenoxy) is 1. The van der Waals surface area contributed by atoms with Gasteiger partial charge >= 0.3 is 0 Å². The quantitative estimate of drug-likeness (QED) is 0.471. The van der Waals surface area contributed by atoms with E-state index in [1.165, 1.54) is 0 Å². The van der Waals surface area contributed by atoms with Crippen molar-refractivity contribution in [3.8, 4) is 0 Å². The molecule has 2 atom stereocenters. The van der Waals surface area contributed by atoms with Crippen LogP contribution in [-0.2, 0) is 4.74 Å². The number of rotatable bonds is 6. The van der Waals surface area contributed by atoms with Crippen LogP contribution in [0.25, 0.3) is 0 Å². The summed E-state index contributed by atoms with van der Waals surface area (Å²) in [4.78, 5) is 0. The van der Waals surface area contributed by atoms with Crippen LogP contribution in [0.5, 0.6) is 0 Å². The molecular weight excluding hydrogens is 152 g/mol.